The van der Waals surface area contributed by atoms with E-state index in [0.717, 1.165) is 18.2 Å². The molecule has 0 unspecified atom stereocenters. The summed E-state index contributed by atoms with van der Waals surface area (Å²) in [5, 5.41) is 16.2. The molecule has 3 N–H and O–H groups in total. The van der Waals surface area contributed by atoms with Gasteiger partial charge >= 0.3 is 0 Å². The van der Waals surface area contributed by atoms with Crippen molar-refractivity contribution >= 4 is 23.3 Å². The van der Waals surface area contributed by atoms with E-state index in [9.17, 15) is 23.5 Å². The lowest BCUT2D eigenvalue weighted by molar-refractivity contribution is -0.133. The number of carbonyl (C=O) groups is 2. The van der Waals surface area contributed by atoms with Gasteiger partial charge in [0.25, 0.3) is 5.91 Å². The third-order valence-electron chi connectivity index (χ3n) is 5.85. The molecule has 0 saturated heterocycles. The van der Waals surface area contributed by atoms with E-state index in [-0.39, 0.29) is 36.2 Å². The number of aliphatic imine (C=N–C) groups is 1. The summed E-state index contributed by atoms with van der Waals surface area (Å²) in [6.45, 7) is -0.0541. The zero-order valence-corrected chi connectivity index (χ0v) is 18.2. The van der Waals surface area contributed by atoms with Gasteiger partial charge in [-0.15, -0.1) is 0 Å². The van der Waals surface area contributed by atoms with E-state index < -0.39 is 29.7 Å². The molecule has 0 bridgehead atoms. The van der Waals surface area contributed by atoms with Gasteiger partial charge in [-0.3, -0.25) is 14.6 Å². The molecule has 0 radical (unpaired) electrons. The van der Waals surface area contributed by atoms with Crippen molar-refractivity contribution < 1.29 is 23.5 Å². The van der Waals surface area contributed by atoms with Crippen molar-refractivity contribution in [2.45, 2.75) is 38.1 Å². The fraction of sp³-hybridized carbons (Fsp3) is 0.409. The number of benzene rings is 1. The van der Waals surface area contributed by atoms with Crippen molar-refractivity contribution in [3.05, 3.63) is 53.0 Å². The summed E-state index contributed by atoms with van der Waals surface area (Å²) in [4.78, 5) is 39.3. The first kappa shape index (κ1) is 22.7. The first-order chi connectivity index (χ1) is 15.7. The second-order valence-electron chi connectivity index (χ2n) is 8.35. The molecule has 2 aromatic rings. The van der Waals surface area contributed by atoms with Crippen molar-refractivity contribution in [3.8, 4) is 0 Å². The number of fused-ring (bicyclic) bond motifs is 1. The normalized spacial score (nSPS) is 21.4. The molecule has 2 amide bonds. The number of carbonyl (C=O) groups excluding carboxylic acids is 2. The summed E-state index contributed by atoms with van der Waals surface area (Å²) in [7, 11) is 3.34. The van der Waals surface area contributed by atoms with Crippen LogP contribution in [0.5, 0.6) is 0 Å². The molecule has 11 heteroatoms. The Morgan fingerprint density at radius 3 is 2.76 bits per heavy atom. The number of hydrogen-bond donors (Lipinski definition) is 3. The summed E-state index contributed by atoms with van der Waals surface area (Å²) in [5.41, 5.74) is 1.00. The number of aromatic nitrogens is 2. The number of aliphatic hydroxyl groups excluding tert-OH is 1. The maximum atomic E-state index is 13.9. The van der Waals surface area contributed by atoms with Crippen LogP contribution >= 0.6 is 0 Å². The zero-order chi connectivity index (χ0) is 23.7. The Labute approximate surface area is 188 Å². The maximum absolute atomic E-state index is 13.9. The van der Waals surface area contributed by atoms with E-state index in [1.165, 1.54) is 11.2 Å². The van der Waals surface area contributed by atoms with Crippen molar-refractivity contribution in [1.29, 1.82) is 0 Å². The molecule has 174 valence electrons. The Morgan fingerprint density at radius 1 is 1.21 bits per heavy atom. The summed E-state index contributed by atoms with van der Waals surface area (Å²) < 4.78 is 27.3. The molecule has 2 heterocycles. The van der Waals surface area contributed by atoms with E-state index >= 15 is 0 Å². The third kappa shape index (κ3) is 4.68. The van der Waals surface area contributed by atoms with Gasteiger partial charge in [0, 0.05) is 32.1 Å². The fourth-order valence-corrected chi connectivity index (χ4v) is 4.17. The molecular formula is C22H24F2N6O3. The Hall–Kier alpha value is -3.47. The number of halogens is 2. The van der Waals surface area contributed by atoms with Crippen LogP contribution in [0.4, 0.5) is 14.6 Å². The van der Waals surface area contributed by atoms with Gasteiger partial charge in [-0.25, -0.2) is 18.7 Å². The van der Waals surface area contributed by atoms with Crippen LogP contribution in [-0.2, 0) is 22.7 Å². The van der Waals surface area contributed by atoms with Gasteiger partial charge in [0.2, 0.25) is 5.91 Å². The van der Waals surface area contributed by atoms with Crippen molar-refractivity contribution in [3.63, 3.8) is 0 Å². The van der Waals surface area contributed by atoms with Gasteiger partial charge in [0.05, 0.1) is 29.9 Å². The number of hydrogen-bond acceptors (Lipinski definition) is 7. The first-order valence-corrected chi connectivity index (χ1v) is 10.5. The average Bonchev–Trinajstić information content (AvgIpc) is 3.38. The minimum absolute atomic E-state index is 0.00973. The highest BCUT2D eigenvalue weighted by atomic mass is 19.1. The highest BCUT2D eigenvalue weighted by Gasteiger charge is 2.39. The largest absolute Gasteiger partial charge is 0.391 e. The van der Waals surface area contributed by atoms with Gasteiger partial charge in [-0.2, -0.15) is 0 Å². The smallest absolute Gasteiger partial charge is 0.270 e. The molecule has 0 spiro atoms. The number of amides is 2. The number of nitrogens with zero attached hydrogens (tertiary/aromatic N) is 4. The van der Waals surface area contributed by atoms with Crippen LogP contribution in [0.25, 0.3) is 0 Å². The van der Waals surface area contributed by atoms with Crippen molar-refractivity contribution in [2.75, 3.05) is 19.4 Å². The lowest BCUT2D eigenvalue weighted by Gasteiger charge is -2.19. The molecular weight excluding hydrogens is 434 g/mol. The SMILES string of the molecule is CN(C)C(=O)[C@H]1C[C@@H](O)[C@H](Nc2ncnc3c2C(C(=O)NCc2cc(F)ccc2F)=NC3)C1. The molecule has 9 nitrogen and oxygen atoms in total. The molecule has 1 saturated carbocycles. The van der Waals surface area contributed by atoms with Crippen LogP contribution in [0.2, 0.25) is 0 Å². The Balaban J connectivity index is 1.49. The highest BCUT2D eigenvalue weighted by Crippen LogP contribution is 2.31. The predicted molar refractivity (Wildman–Crippen MR) is 115 cm³/mol. The first-order valence-electron chi connectivity index (χ1n) is 10.5. The van der Waals surface area contributed by atoms with Crippen LogP contribution in [0, 0.1) is 17.6 Å². The number of rotatable bonds is 6. The van der Waals surface area contributed by atoms with E-state index in [1.807, 2.05) is 0 Å². The van der Waals surface area contributed by atoms with E-state index in [1.54, 1.807) is 14.1 Å². The number of aliphatic hydroxyl groups is 1. The van der Waals surface area contributed by atoms with E-state index in [0.29, 0.717) is 29.9 Å². The van der Waals surface area contributed by atoms with Crippen LogP contribution in [0.15, 0.2) is 29.5 Å². The molecule has 1 aliphatic heterocycles. The zero-order valence-electron chi connectivity index (χ0n) is 18.2. The average molecular weight is 458 g/mol. The second-order valence-corrected chi connectivity index (χ2v) is 8.35. The minimum atomic E-state index is -0.768. The van der Waals surface area contributed by atoms with Crippen LogP contribution in [-0.4, -0.2) is 63.7 Å². The lowest BCUT2D eigenvalue weighted by atomic mass is 10.1. The molecule has 2 aliphatic rings. The summed E-state index contributed by atoms with van der Waals surface area (Å²) >= 11 is 0. The topological polar surface area (TPSA) is 120 Å². The third-order valence-corrected chi connectivity index (χ3v) is 5.85. The molecule has 1 fully saturated rings. The standard InChI is InChI=1S/C22H24F2N6O3/c1-30(2)22(33)11-6-15(17(31)7-11)29-20-18-16(27-10-28-20)9-25-19(18)21(32)26-8-12-5-13(23)3-4-14(12)24/h3-5,10-11,15,17,31H,6-9H2,1-2H3,(H,26,32)(H,27,28,29)/t11-,15-,17-/m1/s1. The van der Waals surface area contributed by atoms with Gasteiger partial charge in [0.15, 0.2) is 0 Å². The van der Waals surface area contributed by atoms with Gasteiger partial charge in [0.1, 0.15) is 29.5 Å². The summed E-state index contributed by atoms with van der Waals surface area (Å²) in [6, 6.07) is 2.57. The molecule has 4 rings (SSSR count). The van der Waals surface area contributed by atoms with Crippen molar-refractivity contribution in [1.82, 2.24) is 20.2 Å². The van der Waals surface area contributed by atoms with Crippen LogP contribution < -0.4 is 10.6 Å². The summed E-state index contributed by atoms with van der Waals surface area (Å²) in [5.74, 6) is -1.87. The van der Waals surface area contributed by atoms with Gasteiger partial charge < -0.3 is 20.6 Å². The predicted octanol–water partition coefficient (Wildman–Crippen LogP) is 1.01. The monoisotopic (exact) mass is 458 g/mol. The highest BCUT2D eigenvalue weighted by molar-refractivity contribution is 6.47. The molecule has 1 aromatic carbocycles. The van der Waals surface area contributed by atoms with Crippen LogP contribution in [0.3, 0.4) is 0 Å². The molecule has 33 heavy (non-hydrogen) atoms. The fourth-order valence-electron chi connectivity index (χ4n) is 4.17. The molecule has 1 aliphatic carbocycles. The second kappa shape index (κ2) is 9.18. The van der Waals surface area contributed by atoms with Crippen LogP contribution in [0.1, 0.15) is 29.7 Å². The van der Waals surface area contributed by atoms with Gasteiger partial charge in [-0.05, 0) is 31.0 Å². The van der Waals surface area contributed by atoms with E-state index in [4.69, 9.17) is 0 Å². The van der Waals surface area contributed by atoms with Gasteiger partial charge in [-0.1, -0.05) is 0 Å². The minimum Gasteiger partial charge on any atom is -0.391 e. The Bertz CT molecular complexity index is 1120. The Kier molecular flexibility index (Phi) is 6.32. The summed E-state index contributed by atoms with van der Waals surface area (Å²) in [6.07, 6.45) is 1.30. The molecule has 1 aromatic heterocycles. The number of nitrogens with one attached hydrogen (secondary N) is 2. The lowest BCUT2D eigenvalue weighted by Crippen LogP contribution is -2.33. The quantitative estimate of drug-likeness (QED) is 0.595. The van der Waals surface area contributed by atoms with Crippen molar-refractivity contribution in [2.24, 2.45) is 10.9 Å². The van der Waals surface area contributed by atoms with E-state index in [2.05, 4.69) is 25.6 Å². The molecule has 3 atom stereocenters. The Morgan fingerprint density at radius 2 is 2.00 bits per heavy atom. The number of anilines is 1. The maximum Gasteiger partial charge on any atom is 0.270 e.